The minimum atomic E-state index is -0.359. The Bertz CT molecular complexity index is 618. The number of benzene rings is 1. The van der Waals surface area contributed by atoms with Gasteiger partial charge in [0.25, 0.3) is 0 Å². The van der Waals surface area contributed by atoms with Crippen molar-refractivity contribution in [3.63, 3.8) is 0 Å². The molecule has 25 heavy (non-hydrogen) atoms. The molecular formula is C19H28BNO4. The van der Waals surface area contributed by atoms with Crippen molar-refractivity contribution in [3.8, 4) is 0 Å². The van der Waals surface area contributed by atoms with Gasteiger partial charge < -0.3 is 18.9 Å². The molecule has 1 atom stereocenters. The zero-order chi connectivity index (χ0) is 18.3. The van der Waals surface area contributed by atoms with Gasteiger partial charge in [-0.25, -0.2) is 4.79 Å². The summed E-state index contributed by atoms with van der Waals surface area (Å²) in [6.07, 6.45) is 0.564. The highest BCUT2D eigenvalue weighted by Crippen LogP contribution is 2.49. The first-order valence-electron chi connectivity index (χ1n) is 8.94. The lowest BCUT2D eigenvalue weighted by Crippen LogP contribution is -2.41. The molecule has 0 bridgehead atoms. The van der Waals surface area contributed by atoms with E-state index in [-0.39, 0.29) is 29.7 Å². The van der Waals surface area contributed by atoms with Crippen LogP contribution in [0, 0.1) is 0 Å². The summed E-state index contributed by atoms with van der Waals surface area (Å²) in [7, 11) is -0.315. The SMILES string of the molecule is CC1(B2OC(C)(C)C(C)(C)O2)CCN(C(=O)OCc2ccccc2)C1. The lowest BCUT2D eigenvalue weighted by molar-refractivity contribution is 0.00578. The van der Waals surface area contributed by atoms with Crippen molar-refractivity contribution >= 4 is 13.2 Å². The van der Waals surface area contributed by atoms with Gasteiger partial charge in [-0.3, -0.25) is 0 Å². The summed E-state index contributed by atoms with van der Waals surface area (Å²) in [5, 5.41) is -0.225. The fourth-order valence-electron chi connectivity index (χ4n) is 3.27. The van der Waals surface area contributed by atoms with Crippen molar-refractivity contribution < 1.29 is 18.8 Å². The minimum absolute atomic E-state index is 0.225. The topological polar surface area (TPSA) is 48.0 Å². The summed E-state index contributed by atoms with van der Waals surface area (Å²) in [6, 6.07) is 9.72. The molecular weight excluding hydrogens is 317 g/mol. The van der Waals surface area contributed by atoms with E-state index in [2.05, 4.69) is 34.6 Å². The van der Waals surface area contributed by atoms with Crippen molar-refractivity contribution in [2.24, 2.45) is 0 Å². The average molecular weight is 345 g/mol. The van der Waals surface area contributed by atoms with Crippen LogP contribution in [0.5, 0.6) is 0 Å². The molecule has 1 amide bonds. The predicted molar refractivity (Wildman–Crippen MR) is 97.3 cm³/mol. The summed E-state index contributed by atoms with van der Waals surface area (Å²) in [5.41, 5.74) is 0.271. The van der Waals surface area contributed by atoms with Gasteiger partial charge in [-0.05, 0) is 39.7 Å². The maximum absolute atomic E-state index is 12.4. The minimum Gasteiger partial charge on any atom is -0.445 e. The van der Waals surface area contributed by atoms with E-state index in [1.165, 1.54) is 0 Å². The third kappa shape index (κ3) is 3.56. The first-order chi connectivity index (χ1) is 11.6. The molecule has 2 heterocycles. The van der Waals surface area contributed by atoms with Gasteiger partial charge in [-0.15, -0.1) is 0 Å². The van der Waals surface area contributed by atoms with Crippen LogP contribution in [-0.2, 0) is 20.7 Å². The highest BCUT2D eigenvalue weighted by molar-refractivity contribution is 6.49. The second-order valence-corrected chi connectivity index (χ2v) is 8.45. The molecule has 0 spiro atoms. The van der Waals surface area contributed by atoms with Gasteiger partial charge in [0.1, 0.15) is 6.61 Å². The van der Waals surface area contributed by atoms with E-state index in [4.69, 9.17) is 14.0 Å². The Morgan fingerprint density at radius 1 is 1.12 bits per heavy atom. The van der Waals surface area contributed by atoms with E-state index < -0.39 is 0 Å². The van der Waals surface area contributed by atoms with Gasteiger partial charge in [0.05, 0.1) is 11.2 Å². The van der Waals surface area contributed by atoms with Crippen LogP contribution < -0.4 is 0 Å². The Hall–Kier alpha value is -1.53. The lowest BCUT2D eigenvalue weighted by Gasteiger charge is -2.32. The quantitative estimate of drug-likeness (QED) is 0.780. The number of hydrogen-bond acceptors (Lipinski definition) is 4. The van der Waals surface area contributed by atoms with Crippen molar-refractivity contribution in [3.05, 3.63) is 35.9 Å². The lowest BCUT2D eigenvalue weighted by atomic mass is 9.58. The van der Waals surface area contributed by atoms with Gasteiger partial charge in [0.2, 0.25) is 0 Å². The highest BCUT2D eigenvalue weighted by atomic mass is 16.7. The number of likely N-dealkylation sites (tertiary alicyclic amines) is 1. The van der Waals surface area contributed by atoms with E-state index in [0.29, 0.717) is 19.7 Å². The van der Waals surface area contributed by atoms with E-state index in [9.17, 15) is 4.79 Å². The number of hydrogen-bond donors (Lipinski definition) is 0. The third-order valence-corrected chi connectivity index (χ3v) is 5.79. The molecule has 2 saturated heterocycles. The zero-order valence-corrected chi connectivity index (χ0v) is 15.9. The second-order valence-electron chi connectivity index (χ2n) is 8.45. The van der Waals surface area contributed by atoms with E-state index in [1.807, 2.05) is 30.3 Å². The van der Waals surface area contributed by atoms with Crippen LogP contribution in [0.25, 0.3) is 0 Å². The van der Waals surface area contributed by atoms with Gasteiger partial charge >= 0.3 is 13.2 Å². The molecule has 0 aliphatic carbocycles. The van der Waals surface area contributed by atoms with Gasteiger partial charge in [0, 0.05) is 18.4 Å². The van der Waals surface area contributed by atoms with Crippen LogP contribution in [0.2, 0.25) is 5.31 Å². The average Bonchev–Trinajstić information content (AvgIpc) is 3.05. The summed E-state index contributed by atoms with van der Waals surface area (Å²) in [5.74, 6) is 0. The Balaban J connectivity index is 1.58. The summed E-state index contributed by atoms with van der Waals surface area (Å²) >= 11 is 0. The van der Waals surface area contributed by atoms with E-state index >= 15 is 0 Å². The van der Waals surface area contributed by atoms with Crippen LogP contribution >= 0.6 is 0 Å². The molecule has 0 radical (unpaired) electrons. The molecule has 3 rings (SSSR count). The molecule has 2 aliphatic heterocycles. The normalized spacial score (nSPS) is 27.6. The third-order valence-electron chi connectivity index (χ3n) is 5.79. The molecule has 1 aromatic rings. The molecule has 0 aromatic heterocycles. The monoisotopic (exact) mass is 345 g/mol. The van der Waals surface area contributed by atoms with Gasteiger partial charge in [-0.1, -0.05) is 37.3 Å². The van der Waals surface area contributed by atoms with Crippen molar-refractivity contribution in [1.29, 1.82) is 0 Å². The number of nitrogens with zero attached hydrogens (tertiary/aromatic N) is 1. The van der Waals surface area contributed by atoms with Gasteiger partial charge in [0.15, 0.2) is 0 Å². The molecule has 1 unspecified atom stereocenters. The Labute approximate surface area is 150 Å². The molecule has 6 heteroatoms. The first kappa shape index (κ1) is 18.3. The number of ether oxygens (including phenoxy) is 1. The number of carbonyl (C=O) groups is 1. The summed E-state index contributed by atoms with van der Waals surface area (Å²) in [4.78, 5) is 14.2. The van der Waals surface area contributed by atoms with Crippen LogP contribution in [0.3, 0.4) is 0 Å². The van der Waals surface area contributed by atoms with Crippen molar-refractivity contribution in [2.45, 2.75) is 64.2 Å². The van der Waals surface area contributed by atoms with E-state index in [0.717, 1.165) is 12.0 Å². The maximum Gasteiger partial charge on any atom is 0.466 e. The fraction of sp³-hybridized carbons (Fsp3) is 0.632. The van der Waals surface area contributed by atoms with Crippen LogP contribution in [0.4, 0.5) is 4.79 Å². The molecule has 136 valence electrons. The second kappa shape index (κ2) is 6.33. The molecule has 2 fully saturated rings. The van der Waals surface area contributed by atoms with Crippen LogP contribution in [-0.4, -0.2) is 42.4 Å². The molecule has 2 aliphatic rings. The first-order valence-corrected chi connectivity index (χ1v) is 8.94. The fourth-order valence-corrected chi connectivity index (χ4v) is 3.27. The predicted octanol–water partition coefficient (Wildman–Crippen LogP) is 3.88. The largest absolute Gasteiger partial charge is 0.466 e. The Kier molecular flexibility index (Phi) is 4.62. The van der Waals surface area contributed by atoms with Crippen LogP contribution in [0.15, 0.2) is 30.3 Å². The number of rotatable bonds is 3. The standard InChI is InChI=1S/C19H28BNO4/c1-17(2)18(3,4)25-20(24-17)19(5)11-12-21(14-19)16(22)23-13-15-9-7-6-8-10-15/h6-10H,11-14H2,1-5H3. The summed E-state index contributed by atoms with van der Waals surface area (Å²) < 4.78 is 17.9. The zero-order valence-electron chi connectivity index (χ0n) is 15.9. The smallest absolute Gasteiger partial charge is 0.445 e. The number of amides is 1. The Morgan fingerprint density at radius 2 is 1.72 bits per heavy atom. The number of carbonyl (C=O) groups excluding carboxylic acids is 1. The van der Waals surface area contributed by atoms with E-state index in [1.54, 1.807) is 4.90 Å². The molecule has 1 aromatic carbocycles. The molecule has 0 N–H and O–H groups in total. The summed E-state index contributed by atoms with van der Waals surface area (Å²) in [6.45, 7) is 11.9. The van der Waals surface area contributed by atoms with Crippen molar-refractivity contribution in [1.82, 2.24) is 4.90 Å². The van der Waals surface area contributed by atoms with Gasteiger partial charge in [-0.2, -0.15) is 0 Å². The molecule has 5 nitrogen and oxygen atoms in total. The molecule has 0 saturated carbocycles. The van der Waals surface area contributed by atoms with Crippen LogP contribution in [0.1, 0.15) is 46.6 Å². The highest BCUT2D eigenvalue weighted by Gasteiger charge is 2.59. The Morgan fingerprint density at radius 3 is 2.32 bits per heavy atom. The maximum atomic E-state index is 12.4. The van der Waals surface area contributed by atoms with Crippen molar-refractivity contribution in [2.75, 3.05) is 13.1 Å².